The van der Waals surface area contributed by atoms with E-state index in [2.05, 4.69) is 34.7 Å². The Morgan fingerprint density at radius 1 is 1.17 bits per heavy atom. The monoisotopic (exact) mass is 357 g/mol. The summed E-state index contributed by atoms with van der Waals surface area (Å²) in [6.07, 6.45) is 5.50. The molecule has 3 atom stereocenters. The van der Waals surface area contributed by atoms with E-state index in [1.54, 1.807) is 0 Å². The van der Waals surface area contributed by atoms with Crippen molar-refractivity contribution in [2.45, 2.75) is 43.9 Å². The summed E-state index contributed by atoms with van der Waals surface area (Å²) in [4.78, 5) is 13.0. The van der Waals surface area contributed by atoms with Gasteiger partial charge in [-0.15, -0.1) is 0 Å². The van der Waals surface area contributed by atoms with Gasteiger partial charge in [-0.1, -0.05) is 0 Å². The van der Waals surface area contributed by atoms with Crippen molar-refractivity contribution in [3.8, 4) is 5.75 Å². The van der Waals surface area contributed by atoms with Gasteiger partial charge in [-0.05, 0) is 59.7 Å². The van der Waals surface area contributed by atoms with Gasteiger partial charge in [0.2, 0.25) is 6.41 Å². The Morgan fingerprint density at radius 3 is 2.33 bits per heavy atom. The van der Waals surface area contributed by atoms with Crippen molar-refractivity contribution in [2.24, 2.45) is 0 Å². The normalized spacial score (nSPS) is 30.3. The fraction of sp³-hybridized carbons (Fsp3) is 0.500. The van der Waals surface area contributed by atoms with Crippen LogP contribution in [0, 0.1) is 3.57 Å². The predicted octanol–water partition coefficient (Wildman–Crippen LogP) is 2.82. The molecule has 0 spiro atoms. The van der Waals surface area contributed by atoms with E-state index in [0.29, 0.717) is 12.1 Å². The lowest BCUT2D eigenvalue weighted by atomic mass is 10.0. The minimum atomic E-state index is 0.263. The Kier molecular flexibility index (Phi) is 3.46. The van der Waals surface area contributed by atoms with Crippen LogP contribution < -0.4 is 4.74 Å². The van der Waals surface area contributed by atoms with Crippen molar-refractivity contribution >= 4 is 29.0 Å². The maximum Gasteiger partial charge on any atom is 0.210 e. The number of hydrogen-bond donors (Lipinski definition) is 0. The van der Waals surface area contributed by atoms with Gasteiger partial charge >= 0.3 is 0 Å². The van der Waals surface area contributed by atoms with Crippen LogP contribution in [-0.4, -0.2) is 29.5 Å². The third-order valence-electron chi connectivity index (χ3n) is 3.98. The molecule has 1 amide bonds. The van der Waals surface area contributed by atoms with Gasteiger partial charge in [-0.2, -0.15) is 0 Å². The van der Waals surface area contributed by atoms with Crippen molar-refractivity contribution in [3.05, 3.63) is 27.8 Å². The summed E-state index contributed by atoms with van der Waals surface area (Å²) >= 11 is 2.29. The van der Waals surface area contributed by atoms with Crippen LogP contribution in [0.5, 0.6) is 5.75 Å². The van der Waals surface area contributed by atoms with E-state index in [4.69, 9.17) is 4.74 Å². The van der Waals surface area contributed by atoms with Gasteiger partial charge in [0.1, 0.15) is 11.9 Å². The van der Waals surface area contributed by atoms with E-state index in [-0.39, 0.29) is 6.10 Å². The van der Waals surface area contributed by atoms with Gasteiger partial charge < -0.3 is 9.64 Å². The summed E-state index contributed by atoms with van der Waals surface area (Å²) in [5.74, 6) is 0.944. The highest BCUT2D eigenvalue weighted by atomic mass is 127. The quantitative estimate of drug-likeness (QED) is 0.615. The zero-order valence-electron chi connectivity index (χ0n) is 10.1. The summed E-state index contributed by atoms with van der Waals surface area (Å²) in [5.41, 5.74) is 0. The topological polar surface area (TPSA) is 29.5 Å². The summed E-state index contributed by atoms with van der Waals surface area (Å²) in [6, 6.07) is 8.96. The number of ether oxygens (including phenoxy) is 1. The lowest BCUT2D eigenvalue weighted by Crippen LogP contribution is -2.45. The number of amides is 1. The van der Waals surface area contributed by atoms with Crippen LogP contribution >= 0.6 is 22.6 Å². The van der Waals surface area contributed by atoms with Crippen LogP contribution in [0.3, 0.4) is 0 Å². The molecule has 1 unspecified atom stereocenters. The number of halogens is 1. The summed E-state index contributed by atoms with van der Waals surface area (Å²) < 4.78 is 7.26. The largest absolute Gasteiger partial charge is 0.490 e. The van der Waals surface area contributed by atoms with Crippen molar-refractivity contribution < 1.29 is 9.53 Å². The number of benzene rings is 1. The van der Waals surface area contributed by atoms with E-state index >= 15 is 0 Å². The molecule has 2 bridgehead atoms. The van der Waals surface area contributed by atoms with Crippen LogP contribution in [0.2, 0.25) is 0 Å². The number of piperidine rings is 1. The fourth-order valence-electron chi connectivity index (χ4n) is 3.14. The van der Waals surface area contributed by atoms with E-state index in [1.807, 2.05) is 17.0 Å². The molecule has 3 rings (SSSR count). The van der Waals surface area contributed by atoms with Crippen molar-refractivity contribution in [1.29, 1.82) is 0 Å². The minimum absolute atomic E-state index is 0.263. The molecule has 2 aliphatic rings. The van der Waals surface area contributed by atoms with Crippen molar-refractivity contribution in [1.82, 2.24) is 4.90 Å². The molecule has 0 radical (unpaired) electrons. The molecule has 4 heteroatoms. The molecule has 2 aliphatic heterocycles. The average molecular weight is 357 g/mol. The number of carbonyl (C=O) groups excluding carboxylic acids is 1. The molecule has 0 aliphatic carbocycles. The van der Waals surface area contributed by atoms with E-state index in [0.717, 1.165) is 37.8 Å². The average Bonchev–Trinajstić information content (AvgIpc) is 2.62. The molecule has 2 saturated heterocycles. The van der Waals surface area contributed by atoms with Gasteiger partial charge in [0.25, 0.3) is 0 Å². The first-order valence-corrected chi connectivity index (χ1v) is 7.49. The number of hydrogen-bond acceptors (Lipinski definition) is 2. The first-order valence-electron chi connectivity index (χ1n) is 6.41. The maximum atomic E-state index is 11.0. The van der Waals surface area contributed by atoms with Gasteiger partial charge in [0.15, 0.2) is 0 Å². The summed E-state index contributed by atoms with van der Waals surface area (Å²) in [6.45, 7) is 0. The molecule has 2 fully saturated rings. The molecular weight excluding hydrogens is 341 g/mol. The van der Waals surface area contributed by atoms with Crippen molar-refractivity contribution in [3.63, 3.8) is 0 Å². The zero-order chi connectivity index (χ0) is 12.5. The van der Waals surface area contributed by atoms with Crippen molar-refractivity contribution in [2.75, 3.05) is 0 Å². The first kappa shape index (κ1) is 12.3. The van der Waals surface area contributed by atoms with Crippen LogP contribution in [0.25, 0.3) is 0 Å². The van der Waals surface area contributed by atoms with Crippen LogP contribution in [0.1, 0.15) is 25.7 Å². The van der Waals surface area contributed by atoms with E-state index in [1.165, 1.54) is 3.57 Å². The highest BCUT2D eigenvalue weighted by Gasteiger charge is 2.40. The zero-order valence-corrected chi connectivity index (χ0v) is 12.2. The molecule has 1 aromatic rings. The van der Waals surface area contributed by atoms with E-state index < -0.39 is 0 Å². The molecule has 0 aromatic heterocycles. The molecule has 0 saturated carbocycles. The van der Waals surface area contributed by atoms with Crippen LogP contribution in [0.4, 0.5) is 0 Å². The molecule has 0 N–H and O–H groups in total. The second-order valence-electron chi connectivity index (χ2n) is 5.10. The molecule has 3 nitrogen and oxygen atoms in total. The second kappa shape index (κ2) is 5.07. The maximum absolute atomic E-state index is 11.0. The third kappa shape index (κ3) is 2.35. The Labute approximate surface area is 121 Å². The Morgan fingerprint density at radius 2 is 1.78 bits per heavy atom. The van der Waals surface area contributed by atoms with Crippen LogP contribution in [-0.2, 0) is 4.79 Å². The standard InChI is InChI=1S/C14H16INO2/c15-10-1-5-13(6-2-10)18-14-7-11-3-4-12(8-14)16(11)9-17/h1-2,5-6,9,11-12,14H,3-4,7-8H2/t11-,12+,14?. The second-order valence-corrected chi connectivity index (χ2v) is 6.35. The predicted molar refractivity (Wildman–Crippen MR) is 77.5 cm³/mol. The molecule has 2 heterocycles. The SMILES string of the molecule is O=CN1[C@@H]2CC[C@H]1CC(Oc1ccc(I)cc1)C2. The number of fused-ring (bicyclic) bond motifs is 2. The minimum Gasteiger partial charge on any atom is -0.490 e. The summed E-state index contributed by atoms with van der Waals surface area (Å²) in [7, 11) is 0. The van der Waals surface area contributed by atoms with Crippen LogP contribution in [0.15, 0.2) is 24.3 Å². The molecule has 18 heavy (non-hydrogen) atoms. The number of nitrogens with zero attached hydrogens (tertiary/aromatic N) is 1. The third-order valence-corrected chi connectivity index (χ3v) is 4.70. The van der Waals surface area contributed by atoms with E-state index in [9.17, 15) is 4.79 Å². The highest BCUT2D eigenvalue weighted by molar-refractivity contribution is 14.1. The van der Waals surface area contributed by atoms with Gasteiger partial charge in [-0.3, -0.25) is 4.79 Å². The fourth-order valence-corrected chi connectivity index (χ4v) is 3.50. The van der Waals surface area contributed by atoms with Gasteiger partial charge in [0, 0.05) is 28.5 Å². The highest BCUT2D eigenvalue weighted by Crippen LogP contribution is 2.36. The van der Waals surface area contributed by atoms with Gasteiger partial charge in [-0.25, -0.2) is 0 Å². The van der Waals surface area contributed by atoms with Gasteiger partial charge in [0.05, 0.1) is 0 Å². The number of rotatable bonds is 3. The lowest BCUT2D eigenvalue weighted by Gasteiger charge is -2.36. The smallest absolute Gasteiger partial charge is 0.210 e. The molecular formula is C14H16INO2. The Hall–Kier alpha value is -0.780. The summed E-state index contributed by atoms with van der Waals surface area (Å²) in [5, 5.41) is 0. The first-order chi connectivity index (χ1) is 8.76. The molecule has 1 aromatic carbocycles. The Balaban J connectivity index is 1.66. The molecule has 96 valence electrons. The Bertz CT molecular complexity index is 420. The lowest BCUT2D eigenvalue weighted by molar-refractivity contribution is -0.123. The number of carbonyl (C=O) groups is 1.